The molecule has 0 aromatic heterocycles. The quantitative estimate of drug-likeness (QED) is 0.644. The second-order valence-corrected chi connectivity index (χ2v) is 8.31. The number of phosphoric ester groups is 1. The van der Waals surface area contributed by atoms with E-state index in [-0.39, 0.29) is 12.6 Å². The molecule has 0 rings (SSSR count). The SMILES string of the molecule is CCSC[C@H](COP(=O)(OC)OC)NC(=O)OC(C)(C)C. The minimum atomic E-state index is -3.55. The van der Waals surface area contributed by atoms with Crippen LogP contribution in [0.15, 0.2) is 0 Å². The van der Waals surface area contributed by atoms with Gasteiger partial charge in [-0.1, -0.05) is 6.92 Å². The Balaban J connectivity index is 4.51. The van der Waals surface area contributed by atoms with Crippen molar-refractivity contribution in [2.75, 3.05) is 32.3 Å². The Kier molecular flexibility index (Phi) is 9.56. The van der Waals surface area contributed by atoms with Crippen LogP contribution < -0.4 is 5.32 Å². The summed E-state index contributed by atoms with van der Waals surface area (Å²) in [5, 5.41) is 2.69. The number of rotatable bonds is 9. The van der Waals surface area contributed by atoms with Crippen LogP contribution in [0.2, 0.25) is 0 Å². The van der Waals surface area contributed by atoms with Gasteiger partial charge < -0.3 is 10.1 Å². The number of carbonyl (C=O) groups is 1. The lowest BCUT2D eigenvalue weighted by atomic mass is 10.2. The molecule has 0 fully saturated rings. The Morgan fingerprint density at radius 3 is 2.29 bits per heavy atom. The van der Waals surface area contributed by atoms with Gasteiger partial charge in [-0.25, -0.2) is 9.36 Å². The van der Waals surface area contributed by atoms with Gasteiger partial charge in [-0.15, -0.1) is 0 Å². The standard InChI is InChI=1S/C12H26NO6PS/c1-7-21-9-10(8-18-20(15,16-5)17-6)13-11(14)19-12(2,3)4/h10H,7-9H2,1-6H3,(H,13,14)/t10-/m0/s1. The van der Waals surface area contributed by atoms with Crippen LogP contribution in [0.4, 0.5) is 4.79 Å². The van der Waals surface area contributed by atoms with Crippen LogP contribution in [-0.2, 0) is 22.9 Å². The van der Waals surface area contributed by atoms with Crippen molar-refractivity contribution >= 4 is 25.7 Å². The first-order valence-electron chi connectivity index (χ1n) is 6.59. The average Bonchev–Trinajstić information content (AvgIpc) is 2.39. The van der Waals surface area contributed by atoms with Crippen molar-refractivity contribution in [1.29, 1.82) is 0 Å². The fourth-order valence-electron chi connectivity index (χ4n) is 1.23. The van der Waals surface area contributed by atoms with E-state index in [2.05, 4.69) is 14.4 Å². The van der Waals surface area contributed by atoms with Gasteiger partial charge in [-0.05, 0) is 26.5 Å². The van der Waals surface area contributed by atoms with Crippen molar-refractivity contribution in [2.45, 2.75) is 39.3 Å². The van der Waals surface area contributed by atoms with Crippen LogP contribution in [0.1, 0.15) is 27.7 Å². The molecule has 0 heterocycles. The number of carbonyl (C=O) groups excluding carboxylic acids is 1. The third kappa shape index (κ3) is 10.1. The summed E-state index contributed by atoms with van der Waals surface area (Å²) < 4.78 is 31.5. The molecule has 126 valence electrons. The summed E-state index contributed by atoms with van der Waals surface area (Å²) in [6, 6.07) is -0.358. The molecule has 0 saturated heterocycles. The maximum atomic E-state index is 11.8. The zero-order chi connectivity index (χ0) is 16.5. The van der Waals surface area contributed by atoms with Crippen molar-refractivity contribution in [3.05, 3.63) is 0 Å². The van der Waals surface area contributed by atoms with Crippen LogP contribution in [0.5, 0.6) is 0 Å². The first-order chi connectivity index (χ1) is 9.65. The summed E-state index contributed by atoms with van der Waals surface area (Å²) in [7, 11) is -1.08. The highest BCUT2D eigenvalue weighted by Gasteiger charge is 2.26. The van der Waals surface area contributed by atoms with Gasteiger partial charge in [0, 0.05) is 20.0 Å². The summed E-state index contributed by atoms with van der Waals surface area (Å²) in [4.78, 5) is 11.8. The highest BCUT2D eigenvalue weighted by atomic mass is 32.2. The van der Waals surface area contributed by atoms with E-state index in [1.165, 1.54) is 14.2 Å². The summed E-state index contributed by atoms with van der Waals surface area (Å²) in [5.74, 6) is 1.49. The first kappa shape index (κ1) is 20.7. The van der Waals surface area contributed by atoms with Gasteiger partial charge >= 0.3 is 13.9 Å². The molecular formula is C12H26NO6PS. The summed E-state index contributed by atoms with van der Waals surface area (Å²) in [5.41, 5.74) is -0.582. The van der Waals surface area contributed by atoms with Gasteiger partial charge in [0.1, 0.15) is 5.60 Å². The molecule has 0 aromatic rings. The van der Waals surface area contributed by atoms with E-state index < -0.39 is 19.5 Å². The Morgan fingerprint density at radius 1 is 1.29 bits per heavy atom. The Morgan fingerprint density at radius 2 is 1.86 bits per heavy atom. The third-order valence-electron chi connectivity index (χ3n) is 2.13. The lowest BCUT2D eigenvalue weighted by molar-refractivity contribution is 0.0483. The van der Waals surface area contributed by atoms with Crippen LogP contribution in [0.25, 0.3) is 0 Å². The summed E-state index contributed by atoms with van der Waals surface area (Å²) in [6.45, 7) is 7.35. The monoisotopic (exact) mass is 343 g/mol. The van der Waals surface area contributed by atoms with Crippen molar-refractivity contribution in [2.24, 2.45) is 0 Å². The number of amides is 1. The highest BCUT2D eigenvalue weighted by molar-refractivity contribution is 7.99. The number of thioether (sulfide) groups is 1. The normalized spacial score (nSPS) is 13.8. The van der Waals surface area contributed by atoms with Gasteiger partial charge in [-0.2, -0.15) is 11.8 Å². The second kappa shape index (κ2) is 9.69. The lowest BCUT2D eigenvalue weighted by Crippen LogP contribution is -2.42. The van der Waals surface area contributed by atoms with Crippen LogP contribution in [-0.4, -0.2) is 50.1 Å². The number of hydrogen-bond donors (Lipinski definition) is 1. The molecule has 21 heavy (non-hydrogen) atoms. The van der Waals surface area contributed by atoms with Gasteiger partial charge in [0.05, 0.1) is 12.6 Å². The fourth-order valence-corrected chi connectivity index (χ4v) is 2.65. The van der Waals surface area contributed by atoms with Crippen LogP contribution >= 0.6 is 19.6 Å². The molecule has 1 amide bonds. The first-order valence-corrected chi connectivity index (χ1v) is 9.20. The van der Waals surface area contributed by atoms with Crippen molar-refractivity contribution in [3.63, 3.8) is 0 Å². The molecule has 0 spiro atoms. The largest absolute Gasteiger partial charge is 0.474 e. The molecule has 0 unspecified atom stereocenters. The van der Waals surface area contributed by atoms with E-state index in [0.717, 1.165) is 5.75 Å². The molecule has 0 aliphatic carbocycles. The number of hydrogen-bond acceptors (Lipinski definition) is 7. The Bertz CT molecular complexity index is 352. The Hall–Kier alpha value is -0.270. The van der Waals surface area contributed by atoms with E-state index >= 15 is 0 Å². The fraction of sp³-hybridized carbons (Fsp3) is 0.917. The van der Waals surface area contributed by atoms with E-state index in [1.807, 2.05) is 6.92 Å². The van der Waals surface area contributed by atoms with Crippen LogP contribution in [0, 0.1) is 0 Å². The Labute approximate surface area is 131 Å². The van der Waals surface area contributed by atoms with Gasteiger partial charge in [0.2, 0.25) is 0 Å². The zero-order valence-electron chi connectivity index (χ0n) is 13.5. The molecular weight excluding hydrogens is 317 g/mol. The molecule has 0 aliphatic heterocycles. The number of alkyl carbamates (subject to hydrolysis) is 1. The molecule has 0 saturated carbocycles. The summed E-state index contributed by atoms with van der Waals surface area (Å²) >= 11 is 1.62. The van der Waals surface area contributed by atoms with Crippen molar-refractivity contribution < 1.29 is 27.7 Å². The predicted octanol–water partition coefficient (Wildman–Crippen LogP) is 3.05. The van der Waals surface area contributed by atoms with E-state index in [4.69, 9.17) is 9.26 Å². The maximum Gasteiger partial charge on any atom is 0.474 e. The smallest absolute Gasteiger partial charge is 0.444 e. The summed E-state index contributed by atoms with van der Waals surface area (Å²) in [6.07, 6.45) is -0.544. The lowest BCUT2D eigenvalue weighted by Gasteiger charge is -2.24. The molecule has 0 bridgehead atoms. The molecule has 0 aromatic carbocycles. The molecule has 0 aliphatic rings. The van der Waals surface area contributed by atoms with Crippen molar-refractivity contribution in [1.82, 2.24) is 5.32 Å². The van der Waals surface area contributed by atoms with Gasteiger partial charge in [0.15, 0.2) is 0 Å². The topological polar surface area (TPSA) is 83.1 Å². The average molecular weight is 343 g/mol. The predicted molar refractivity (Wildman–Crippen MR) is 83.7 cm³/mol. The molecule has 1 atom stereocenters. The number of phosphoric acid groups is 1. The second-order valence-electron chi connectivity index (χ2n) is 5.11. The van der Waals surface area contributed by atoms with Crippen molar-refractivity contribution in [3.8, 4) is 0 Å². The molecule has 1 N–H and O–H groups in total. The molecule has 0 radical (unpaired) electrons. The zero-order valence-corrected chi connectivity index (χ0v) is 15.2. The third-order valence-corrected chi connectivity index (χ3v) is 4.53. The number of nitrogens with one attached hydrogen (secondary N) is 1. The van der Waals surface area contributed by atoms with Gasteiger partial charge in [-0.3, -0.25) is 13.6 Å². The number of ether oxygens (including phenoxy) is 1. The minimum absolute atomic E-state index is 0.00516. The van der Waals surface area contributed by atoms with Gasteiger partial charge in [0.25, 0.3) is 0 Å². The maximum absolute atomic E-state index is 11.8. The van der Waals surface area contributed by atoms with E-state index in [0.29, 0.717) is 5.75 Å². The molecule has 7 nitrogen and oxygen atoms in total. The minimum Gasteiger partial charge on any atom is -0.444 e. The highest BCUT2D eigenvalue weighted by Crippen LogP contribution is 2.47. The van der Waals surface area contributed by atoms with Crippen LogP contribution in [0.3, 0.4) is 0 Å². The molecule has 9 heteroatoms. The van der Waals surface area contributed by atoms with E-state index in [9.17, 15) is 9.36 Å². The van der Waals surface area contributed by atoms with E-state index in [1.54, 1.807) is 32.5 Å².